The Labute approximate surface area is 159 Å². The molecule has 23 heavy (non-hydrogen) atoms. The van der Waals surface area contributed by atoms with Gasteiger partial charge in [0, 0.05) is 49.0 Å². The Hall–Kier alpha value is -0.360. The smallest absolute Gasteiger partial charge is 0.0972 e. The van der Waals surface area contributed by atoms with Crippen LogP contribution in [0.5, 0.6) is 0 Å². The lowest BCUT2D eigenvalue weighted by Gasteiger charge is -2.33. The second-order valence-electron chi connectivity index (χ2n) is 5.56. The Balaban J connectivity index is 0.00000132. The highest BCUT2D eigenvalue weighted by Crippen LogP contribution is 2.18. The first-order valence-corrected chi connectivity index (χ1v) is 8.59. The van der Waals surface area contributed by atoms with Gasteiger partial charge >= 0.3 is 0 Å². The molecule has 1 aliphatic rings. The van der Waals surface area contributed by atoms with E-state index in [0.29, 0.717) is 6.04 Å². The van der Waals surface area contributed by atoms with Gasteiger partial charge in [0.15, 0.2) is 0 Å². The molecule has 0 bridgehead atoms. The van der Waals surface area contributed by atoms with Crippen LogP contribution in [-0.4, -0.2) is 35.6 Å². The molecule has 1 aromatic carbocycles. The summed E-state index contributed by atoms with van der Waals surface area (Å²) in [5.41, 5.74) is 2.45. The van der Waals surface area contributed by atoms with E-state index in [1.807, 2.05) is 12.1 Å². The summed E-state index contributed by atoms with van der Waals surface area (Å²) in [6, 6.07) is 8.60. The molecule has 1 atom stereocenters. The molecule has 0 radical (unpaired) electrons. The fourth-order valence-electron chi connectivity index (χ4n) is 2.61. The van der Waals surface area contributed by atoms with Crippen molar-refractivity contribution < 1.29 is 0 Å². The molecule has 0 unspecified atom stereocenters. The monoisotopic (exact) mass is 393 g/mol. The summed E-state index contributed by atoms with van der Waals surface area (Å²) >= 11 is 7.67. The summed E-state index contributed by atoms with van der Waals surface area (Å²) < 4.78 is 0. The van der Waals surface area contributed by atoms with E-state index >= 15 is 0 Å². The number of halogens is 3. The maximum Gasteiger partial charge on any atom is 0.0972 e. The van der Waals surface area contributed by atoms with Crippen LogP contribution in [0.25, 0.3) is 0 Å². The summed E-state index contributed by atoms with van der Waals surface area (Å²) in [6.45, 7) is 6.48. The van der Waals surface area contributed by atoms with Gasteiger partial charge in [-0.3, -0.25) is 4.90 Å². The van der Waals surface area contributed by atoms with Crippen molar-refractivity contribution in [2.75, 3.05) is 19.6 Å². The largest absolute Gasteiger partial charge is 0.314 e. The van der Waals surface area contributed by atoms with Crippen LogP contribution in [0.3, 0.4) is 0 Å². The van der Waals surface area contributed by atoms with Crippen molar-refractivity contribution in [3.8, 4) is 0 Å². The zero-order chi connectivity index (χ0) is 14.7. The summed E-state index contributed by atoms with van der Waals surface area (Å²) in [6.07, 6.45) is 0.888. The average Bonchev–Trinajstić information content (AvgIpc) is 2.91. The first-order chi connectivity index (χ1) is 10.2. The predicted octanol–water partition coefficient (Wildman–Crippen LogP) is 4.02. The van der Waals surface area contributed by atoms with Crippen molar-refractivity contribution in [2.24, 2.45) is 0 Å². The van der Waals surface area contributed by atoms with Crippen molar-refractivity contribution in [1.29, 1.82) is 0 Å². The van der Waals surface area contributed by atoms with Gasteiger partial charge in [-0.1, -0.05) is 23.7 Å². The molecule has 2 aromatic rings. The van der Waals surface area contributed by atoms with Gasteiger partial charge in [0.1, 0.15) is 0 Å². The van der Waals surface area contributed by atoms with Crippen molar-refractivity contribution >= 4 is 47.8 Å². The number of nitrogens with zero attached hydrogens (tertiary/aromatic N) is 2. The van der Waals surface area contributed by atoms with Gasteiger partial charge in [-0.15, -0.1) is 36.2 Å². The number of hydrogen-bond acceptors (Lipinski definition) is 4. The second kappa shape index (κ2) is 9.82. The SMILES string of the molecule is C[C@@H]1CNCCN1Cc1csc(Cc2ccc(Cl)cc2)n1.Cl.Cl. The predicted molar refractivity (Wildman–Crippen MR) is 104 cm³/mol. The fourth-order valence-corrected chi connectivity index (χ4v) is 3.55. The van der Waals surface area contributed by atoms with E-state index in [9.17, 15) is 0 Å². The Bertz CT molecular complexity index is 589. The van der Waals surface area contributed by atoms with Crippen LogP contribution < -0.4 is 5.32 Å². The second-order valence-corrected chi connectivity index (χ2v) is 6.94. The van der Waals surface area contributed by atoms with Crippen LogP contribution >= 0.6 is 47.8 Å². The maximum atomic E-state index is 5.92. The molecule has 2 heterocycles. The molecular formula is C16H22Cl3N3S. The molecule has 1 fully saturated rings. The lowest BCUT2D eigenvalue weighted by molar-refractivity contribution is 0.164. The molecule has 3 nitrogen and oxygen atoms in total. The Morgan fingerprint density at radius 1 is 1.30 bits per heavy atom. The lowest BCUT2D eigenvalue weighted by atomic mass is 10.2. The number of benzene rings is 1. The zero-order valence-corrected chi connectivity index (χ0v) is 16.2. The molecule has 0 spiro atoms. The fraction of sp³-hybridized carbons (Fsp3) is 0.438. The molecule has 1 N–H and O–H groups in total. The first-order valence-electron chi connectivity index (χ1n) is 7.33. The summed E-state index contributed by atoms with van der Waals surface area (Å²) in [5, 5.41) is 7.58. The first kappa shape index (κ1) is 20.7. The van der Waals surface area contributed by atoms with Crippen molar-refractivity contribution in [3.63, 3.8) is 0 Å². The Morgan fingerprint density at radius 3 is 2.74 bits per heavy atom. The summed E-state index contributed by atoms with van der Waals surface area (Å²) in [7, 11) is 0. The number of piperazine rings is 1. The van der Waals surface area contributed by atoms with Crippen molar-refractivity contribution in [3.05, 3.63) is 50.9 Å². The van der Waals surface area contributed by atoms with Gasteiger partial charge in [-0.2, -0.15) is 0 Å². The van der Waals surface area contributed by atoms with Crippen LogP contribution in [0, 0.1) is 0 Å². The van der Waals surface area contributed by atoms with Crippen LogP contribution in [-0.2, 0) is 13.0 Å². The van der Waals surface area contributed by atoms with Gasteiger partial charge in [0.25, 0.3) is 0 Å². The van der Waals surface area contributed by atoms with E-state index in [1.165, 1.54) is 16.3 Å². The molecule has 0 aliphatic carbocycles. The zero-order valence-electron chi connectivity index (χ0n) is 13.0. The van der Waals surface area contributed by atoms with E-state index < -0.39 is 0 Å². The molecule has 1 aromatic heterocycles. The third-order valence-electron chi connectivity index (χ3n) is 3.87. The summed E-state index contributed by atoms with van der Waals surface area (Å²) in [4.78, 5) is 7.28. The van der Waals surface area contributed by atoms with Gasteiger partial charge < -0.3 is 5.32 Å². The molecular weight excluding hydrogens is 373 g/mol. The normalized spacial score (nSPS) is 18.1. The highest BCUT2D eigenvalue weighted by Gasteiger charge is 2.18. The van der Waals surface area contributed by atoms with Crippen LogP contribution in [0.1, 0.15) is 23.2 Å². The van der Waals surface area contributed by atoms with Gasteiger partial charge in [0.2, 0.25) is 0 Å². The third-order valence-corrected chi connectivity index (χ3v) is 5.02. The van der Waals surface area contributed by atoms with E-state index in [1.54, 1.807) is 11.3 Å². The molecule has 3 rings (SSSR count). The quantitative estimate of drug-likeness (QED) is 0.848. The number of thiazole rings is 1. The van der Waals surface area contributed by atoms with Gasteiger partial charge in [-0.25, -0.2) is 4.98 Å². The van der Waals surface area contributed by atoms with E-state index in [4.69, 9.17) is 16.6 Å². The minimum Gasteiger partial charge on any atom is -0.314 e. The average molecular weight is 395 g/mol. The third kappa shape index (κ3) is 5.89. The van der Waals surface area contributed by atoms with Crippen LogP contribution in [0.2, 0.25) is 5.02 Å². The molecule has 128 valence electrons. The van der Waals surface area contributed by atoms with Crippen molar-refractivity contribution in [1.82, 2.24) is 15.2 Å². The van der Waals surface area contributed by atoms with Crippen LogP contribution in [0.15, 0.2) is 29.6 Å². The Kier molecular flexibility index (Phi) is 8.83. The van der Waals surface area contributed by atoms with Crippen LogP contribution in [0.4, 0.5) is 0 Å². The number of hydrogen-bond donors (Lipinski definition) is 1. The molecule has 0 amide bonds. The molecule has 7 heteroatoms. The summed E-state index contributed by atoms with van der Waals surface area (Å²) in [5.74, 6) is 0. The van der Waals surface area contributed by atoms with E-state index in [0.717, 1.165) is 37.6 Å². The van der Waals surface area contributed by atoms with Gasteiger partial charge in [0.05, 0.1) is 10.7 Å². The lowest BCUT2D eigenvalue weighted by Crippen LogP contribution is -2.49. The van der Waals surface area contributed by atoms with Gasteiger partial charge in [-0.05, 0) is 24.6 Å². The number of nitrogens with one attached hydrogen (secondary N) is 1. The Morgan fingerprint density at radius 2 is 2.04 bits per heavy atom. The highest BCUT2D eigenvalue weighted by atomic mass is 35.5. The minimum absolute atomic E-state index is 0. The minimum atomic E-state index is 0. The molecule has 0 saturated carbocycles. The van der Waals surface area contributed by atoms with E-state index in [-0.39, 0.29) is 24.8 Å². The maximum absolute atomic E-state index is 5.92. The molecule has 1 saturated heterocycles. The number of aromatic nitrogens is 1. The standard InChI is InChI=1S/C16H20ClN3S.2ClH/c1-12-9-18-6-7-20(12)10-15-11-21-16(19-15)8-13-2-4-14(17)5-3-13;;/h2-5,11-12,18H,6-10H2,1H3;2*1H/t12-;;/m1../s1. The number of rotatable bonds is 4. The topological polar surface area (TPSA) is 28.2 Å². The molecule has 1 aliphatic heterocycles. The highest BCUT2D eigenvalue weighted by molar-refractivity contribution is 7.09. The van der Waals surface area contributed by atoms with E-state index in [2.05, 4.69) is 34.7 Å². The van der Waals surface area contributed by atoms with Crippen molar-refractivity contribution in [2.45, 2.75) is 25.9 Å².